The third-order valence-corrected chi connectivity index (χ3v) is 9.23. The van der Waals surface area contributed by atoms with Crippen molar-refractivity contribution in [3.63, 3.8) is 0 Å². The van der Waals surface area contributed by atoms with Gasteiger partial charge in [-0.1, -0.05) is 46.4 Å². The van der Waals surface area contributed by atoms with Gasteiger partial charge in [0.15, 0.2) is 4.33 Å². The van der Waals surface area contributed by atoms with Crippen molar-refractivity contribution in [2.24, 2.45) is 11.8 Å². The summed E-state index contributed by atoms with van der Waals surface area (Å²) in [5.41, 5.74) is 0. The molecule has 2 saturated heterocycles. The highest BCUT2D eigenvalue weighted by atomic mass is 35.5. The lowest BCUT2D eigenvalue weighted by molar-refractivity contribution is 0.0768. The average molecular weight is 369 g/mol. The van der Waals surface area contributed by atoms with Gasteiger partial charge in [-0.3, -0.25) is 0 Å². The van der Waals surface area contributed by atoms with Crippen LogP contribution in [0, 0.1) is 11.8 Å². The van der Waals surface area contributed by atoms with Crippen LogP contribution in [0.15, 0.2) is 10.1 Å². The lowest BCUT2D eigenvalue weighted by Crippen LogP contribution is -2.47. The van der Waals surface area contributed by atoms with Gasteiger partial charge >= 0.3 is 0 Å². The summed E-state index contributed by atoms with van der Waals surface area (Å²) in [6.45, 7) is 0. The molecule has 0 amide bonds. The van der Waals surface area contributed by atoms with Crippen molar-refractivity contribution in [2.45, 2.75) is 39.1 Å². The first-order chi connectivity index (χ1) is 8.28. The molecule has 2 aliphatic heterocycles. The van der Waals surface area contributed by atoms with E-state index in [0.717, 1.165) is 12.8 Å². The Labute approximate surface area is 135 Å². The van der Waals surface area contributed by atoms with E-state index in [4.69, 9.17) is 74.3 Å². The first-order valence-electron chi connectivity index (χ1n) is 5.75. The van der Waals surface area contributed by atoms with Crippen LogP contribution in [0.1, 0.15) is 12.8 Å². The second-order valence-corrected chi connectivity index (χ2v) is 8.74. The van der Waals surface area contributed by atoms with Crippen molar-refractivity contribution in [3.8, 4) is 0 Å². The van der Waals surface area contributed by atoms with E-state index in [1.807, 2.05) is 0 Å². The highest BCUT2D eigenvalue weighted by molar-refractivity contribution is 6.65. The number of fused-ring (bicyclic) bond motifs is 9. The molecule has 0 aromatic carbocycles. The second-order valence-electron chi connectivity index (χ2n) is 5.47. The quantitative estimate of drug-likeness (QED) is 0.567. The van der Waals surface area contributed by atoms with Crippen LogP contribution in [0.5, 0.6) is 0 Å². The Kier molecular flexibility index (Phi) is 2.50. The molecule has 3 fully saturated rings. The lowest BCUT2D eigenvalue weighted by atomic mass is 9.73. The van der Waals surface area contributed by atoms with E-state index in [9.17, 15) is 0 Å². The Balaban J connectivity index is 2.01. The SMILES string of the molecule is ClC1=C(Cl)[C@]2(Cl)[C@H]3[C@H]([C@H]4CC[C@@H]3O4)[C@@]1(Cl)C2(Cl)Cl. The van der Waals surface area contributed by atoms with Gasteiger partial charge in [0.25, 0.3) is 0 Å². The first-order valence-corrected chi connectivity index (χ1v) is 8.02. The zero-order chi connectivity index (χ0) is 13.1. The summed E-state index contributed by atoms with van der Waals surface area (Å²) in [5.74, 6) is -0.138. The Morgan fingerprint density at radius 3 is 1.61 bits per heavy atom. The fourth-order valence-corrected chi connectivity index (χ4v) is 7.35. The Morgan fingerprint density at radius 1 is 0.833 bits per heavy atom. The molecule has 6 atom stereocenters. The van der Waals surface area contributed by atoms with E-state index in [-0.39, 0.29) is 34.1 Å². The Morgan fingerprint density at radius 2 is 1.22 bits per heavy atom. The van der Waals surface area contributed by atoms with Crippen molar-refractivity contribution in [3.05, 3.63) is 10.1 Å². The molecule has 0 unspecified atom stereocenters. The molecule has 0 aromatic heterocycles. The fourth-order valence-electron chi connectivity index (χ4n) is 4.26. The van der Waals surface area contributed by atoms with E-state index in [1.165, 1.54) is 0 Å². The molecular formula is C11H8Cl6O. The van der Waals surface area contributed by atoms with Crippen molar-refractivity contribution >= 4 is 69.6 Å². The van der Waals surface area contributed by atoms with Gasteiger partial charge in [0.05, 0.1) is 22.3 Å². The fraction of sp³-hybridized carbons (Fsp3) is 0.818. The third kappa shape index (κ3) is 1.01. The van der Waals surface area contributed by atoms with Crippen molar-refractivity contribution in [2.75, 3.05) is 0 Å². The Bertz CT molecular complexity index is 450. The first kappa shape index (κ1) is 13.1. The summed E-state index contributed by atoms with van der Waals surface area (Å²) in [4.78, 5) is -2.28. The molecule has 0 radical (unpaired) electrons. The molecule has 7 heteroatoms. The van der Waals surface area contributed by atoms with E-state index < -0.39 is 14.1 Å². The smallest absolute Gasteiger partial charge is 0.167 e. The van der Waals surface area contributed by atoms with Gasteiger partial charge in [-0.2, -0.15) is 0 Å². The van der Waals surface area contributed by atoms with Crippen LogP contribution >= 0.6 is 69.6 Å². The summed E-state index contributed by atoms with van der Waals surface area (Å²) in [5, 5.41) is 0.562. The molecule has 0 spiro atoms. The minimum Gasteiger partial charge on any atom is -0.374 e. The Hall–Kier alpha value is 1.44. The molecule has 0 N–H and O–H groups in total. The van der Waals surface area contributed by atoms with E-state index >= 15 is 0 Å². The van der Waals surface area contributed by atoms with E-state index in [1.54, 1.807) is 0 Å². The molecule has 0 aromatic rings. The average Bonchev–Trinajstić information content (AvgIpc) is 2.97. The van der Waals surface area contributed by atoms with Crippen molar-refractivity contribution < 1.29 is 4.74 Å². The molecule has 2 aliphatic carbocycles. The van der Waals surface area contributed by atoms with Gasteiger partial charge in [0.1, 0.15) is 9.75 Å². The number of hydrogen-bond acceptors (Lipinski definition) is 1. The monoisotopic (exact) mass is 366 g/mol. The van der Waals surface area contributed by atoms with Gasteiger partial charge in [-0.15, -0.1) is 23.2 Å². The van der Waals surface area contributed by atoms with E-state index in [2.05, 4.69) is 0 Å². The zero-order valence-electron chi connectivity index (χ0n) is 8.90. The molecule has 2 heterocycles. The molecule has 4 rings (SSSR count). The second kappa shape index (κ2) is 3.43. The maximum absolute atomic E-state index is 6.72. The van der Waals surface area contributed by atoms with Crippen LogP contribution in [-0.2, 0) is 4.74 Å². The summed E-state index contributed by atoms with van der Waals surface area (Å²) >= 11 is 39.0. The van der Waals surface area contributed by atoms with Crippen molar-refractivity contribution in [1.29, 1.82) is 0 Å². The number of rotatable bonds is 0. The maximum Gasteiger partial charge on any atom is 0.167 e. The van der Waals surface area contributed by atoms with Crippen LogP contribution in [0.2, 0.25) is 0 Å². The van der Waals surface area contributed by atoms with Crippen LogP contribution in [-0.4, -0.2) is 26.3 Å². The van der Waals surface area contributed by atoms with Crippen molar-refractivity contribution in [1.82, 2.24) is 0 Å². The normalized spacial score (nSPS) is 59.7. The molecule has 1 nitrogen and oxygen atoms in total. The molecule has 4 bridgehead atoms. The largest absolute Gasteiger partial charge is 0.374 e. The predicted octanol–water partition coefficient (Wildman–Crippen LogP) is 4.63. The summed E-state index contributed by atoms with van der Waals surface area (Å²) in [6, 6.07) is 0. The van der Waals surface area contributed by atoms with Gasteiger partial charge in [0, 0.05) is 11.8 Å². The van der Waals surface area contributed by atoms with Crippen LogP contribution in [0.25, 0.3) is 0 Å². The number of halogens is 6. The highest BCUT2D eigenvalue weighted by Crippen LogP contribution is 2.80. The van der Waals surface area contributed by atoms with Gasteiger partial charge < -0.3 is 4.74 Å². The molecule has 4 aliphatic rings. The van der Waals surface area contributed by atoms with Crippen LogP contribution < -0.4 is 0 Å². The number of hydrogen-bond donors (Lipinski definition) is 0. The molecule has 100 valence electrons. The topological polar surface area (TPSA) is 9.23 Å². The maximum atomic E-state index is 6.72. The summed E-state index contributed by atoms with van der Waals surface area (Å²) in [6.07, 6.45) is 1.93. The minimum absolute atomic E-state index is 0.0218. The van der Waals surface area contributed by atoms with Gasteiger partial charge in [0.2, 0.25) is 0 Å². The highest BCUT2D eigenvalue weighted by Gasteiger charge is 2.86. The van der Waals surface area contributed by atoms with Gasteiger partial charge in [-0.05, 0) is 12.8 Å². The van der Waals surface area contributed by atoms with Crippen LogP contribution in [0.4, 0.5) is 0 Å². The number of ether oxygens (including phenoxy) is 1. The minimum atomic E-state index is -1.41. The lowest BCUT2D eigenvalue weighted by Gasteiger charge is -2.36. The van der Waals surface area contributed by atoms with E-state index in [0.29, 0.717) is 0 Å². The number of allylic oxidation sites excluding steroid dienone is 2. The molecule has 1 saturated carbocycles. The zero-order valence-corrected chi connectivity index (χ0v) is 13.4. The molecule has 18 heavy (non-hydrogen) atoms. The predicted molar refractivity (Wildman–Crippen MR) is 75.2 cm³/mol. The third-order valence-electron chi connectivity index (χ3n) is 4.94. The summed E-state index contributed by atoms with van der Waals surface area (Å²) in [7, 11) is 0. The number of alkyl halides is 4. The standard InChI is InChI=1S/C11H8Cl6O/c12-7-8(13)10(15)6-4-2-1-3(18-4)5(6)9(7,14)11(10,16)17/h3-6H,1-2H2/t3-,4+,5+,6-,9+,10-. The molecular weight excluding hydrogens is 361 g/mol. The van der Waals surface area contributed by atoms with Crippen LogP contribution in [0.3, 0.4) is 0 Å². The summed E-state index contributed by atoms with van der Waals surface area (Å²) < 4.78 is 4.50. The van der Waals surface area contributed by atoms with Gasteiger partial charge in [-0.25, -0.2) is 0 Å².